The number of aryl methyl sites for hydroxylation is 1. The zero-order chi connectivity index (χ0) is 15.5. The first kappa shape index (κ1) is 15.0. The number of aromatic nitrogens is 3. The van der Waals surface area contributed by atoms with E-state index in [9.17, 15) is 13.2 Å². The van der Waals surface area contributed by atoms with Crippen LogP contribution < -0.4 is 4.31 Å². The van der Waals surface area contributed by atoms with E-state index >= 15 is 0 Å². The van der Waals surface area contributed by atoms with Crippen molar-refractivity contribution < 1.29 is 18.3 Å². The summed E-state index contributed by atoms with van der Waals surface area (Å²) in [6, 6.07) is 4.95. The van der Waals surface area contributed by atoms with Crippen LogP contribution in [0.3, 0.4) is 0 Å². The highest BCUT2D eigenvalue weighted by Crippen LogP contribution is 2.19. The highest BCUT2D eigenvalue weighted by Gasteiger charge is 2.23. The molecule has 21 heavy (non-hydrogen) atoms. The van der Waals surface area contributed by atoms with Gasteiger partial charge in [-0.25, -0.2) is 13.4 Å². The van der Waals surface area contributed by atoms with Gasteiger partial charge in [0.2, 0.25) is 0 Å². The summed E-state index contributed by atoms with van der Waals surface area (Å²) in [5, 5.41) is 12.5. The Morgan fingerprint density at radius 3 is 2.81 bits per heavy atom. The lowest BCUT2D eigenvalue weighted by Gasteiger charge is -2.16. The van der Waals surface area contributed by atoms with Crippen molar-refractivity contribution in [2.24, 2.45) is 0 Å². The number of carboxylic acids is 1. The summed E-state index contributed by atoms with van der Waals surface area (Å²) in [4.78, 5) is 14.5. The first-order valence-corrected chi connectivity index (χ1v) is 7.49. The summed E-state index contributed by atoms with van der Waals surface area (Å²) < 4.78 is 27.1. The fourth-order valence-electron chi connectivity index (χ4n) is 1.63. The predicted octanol–water partition coefficient (Wildman–Crippen LogP) is 0.578. The monoisotopic (exact) mass is 310 g/mol. The lowest BCUT2D eigenvalue weighted by atomic mass is 10.4. The second-order valence-electron chi connectivity index (χ2n) is 4.24. The van der Waals surface area contributed by atoms with Gasteiger partial charge in [-0.15, -0.1) is 0 Å². The molecule has 0 bridgehead atoms. The van der Waals surface area contributed by atoms with E-state index in [0.717, 1.165) is 4.31 Å². The van der Waals surface area contributed by atoms with Crippen LogP contribution >= 0.6 is 0 Å². The van der Waals surface area contributed by atoms with Crippen molar-refractivity contribution in [2.75, 3.05) is 11.4 Å². The molecule has 1 N–H and O–H groups in total. The highest BCUT2D eigenvalue weighted by atomic mass is 32.2. The normalized spacial score (nSPS) is 11.3. The molecule has 2 heterocycles. The van der Waals surface area contributed by atoms with E-state index in [2.05, 4.69) is 10.1 Å². The number of hydrogen-bond acceptors (Lipinski definition) is 5. The van der Waals surface area contributed by atoms with Crippen molar-refractivity contribution in [3.63, 3.8) is 0 Å². The lowest BCUT2D eigenvalue weighted by Crippen LogP contribution is -2.27. The molecule has 0 spiro atoms. The summed E-state index contributed by atoms with van der Waals surface area (Å²) in [6.45, 7) is 0.109. The Balaban J connectivity index is 2.22. The van der Waals surface area contributed by atoms with Crippen molar-refractivity contribution in [2.45, 2.75) is 17.9 Å². The maximum absolute atomic E-state index is 12.4. The van der Waals surface area contributed by atoms with Crippen LogP contribution in [-0.2, 0) is 21.4 Å². The molecule has 112 valence electrons. The molecule has 0 saturated heterocycles. The minimum absolute atomic E-state index is 0.0129. The summed E-state index contributed by atoms with van der Waals surface area (Å²) in [5.41, 5.74) is 0. The SMILES string of the molecule is CN(c1ccccn1)S(=O)(=O)c1cnn(CCC(=O)O)c1. The van der Waals surface area contributed by atoms with E-state index in [4.69, 9.17) is 5.11 Å². The van der Waals surface area contributed by atoms with Gasteiger partial charge in [0.05, 0.1) is 19.2 Å². The number of carbonyl (C=O) groups is 1. The Morgan fingerprint density at radius 1 is 1.43 bits per heavy atom. The Bertz CT molecular complexity index is 727. The van der Waals surface area contributed by atoms with Crippen molar-refractivity contribution in [1.29, 1.82) is 0 Å². The molecule has 0 radical (unpaired) electrons. The molecule has 2 rings (SSSR count). The first-order valence-electron chi connectivity index (χ1n) is 6.05. The van der Waals surface area contributed by atoms with Gasteiger partial charge in [-0.05, 0) is 12.1 Å². The molecule has 0 amide bonds. The maximum Gasteiger partial charge on any atom is 0.305 e. The molecule has 0 aliphatic carbocycles. The maximum atomic E-state index is 12.4. The molecule has 2 aromatic rings. The van der Waals surface area contributed by atoms with Gasteiger partial charge in [0.1, 0.15) is 10.7 Å². The molecule has 9 heteroatoms. The minimum atomic E-state index is -3.77. The number of pyridine rings is 1. The van der Waals surface area contributed by atoms with Crippen LogP contribution in [0.15, 0.2) is 41.7 Å². The van der Waals surface area contributed by atoms with Crippen LogP contribution in [0.2, 0.25) is 0 Å². The Kier molecular flexibility index (Phi) is 4.22. The van der Waals surface area contributed by atoms with Gasteiger partial charge in [0.25, 0.3) is 10.0 Å². The second kappa shape index (κ2) is 5.92. The van der Waals surface area contributed by atoms with Crippen LogP contribution in [0.4, 0.5) is 5.82 Å². The number of anilines is 1. The standard InChI is InChI=1S/C12H14N4O4S/c1-15(11-4-2-3-6-13-11)21(19,20)10-8-14-16(9-10)7-5-12(17)18/h2-4,6,8-9H,5,7H2,1H3,(H,17,18). The number of sulfonamides is 1. The average molecular weight is 310 g/mol. The number of rotatable bonds is 6. The third kappa shape index (κ3) is 3.37. The third-order valence-corrected chi connectivity index (χ3v) is 4.51. The molecule has 0 aliphatic rings. The highest BCUT2D eigenvalue weighted by molar-refractivity contribution is 7.92. The molecule has 0 unspecified atom stereocenters. The molecular formula is C12H14N4O4S. The van der Waals surface area contributed by atoms with Crippen molar-refractivity contribution in [1.82, 2.24) is 14.8 Å². The van der Waals surface area contributed by atoms with Crippen molar-refractivity contribution >= 4 is 21.8 Å². The molecule has 0 aromatic carbocycles. The Hall–Kier alpha value is -2.42. The number of carboxylic acid groups (broad SMARTS) is 1. The van der Waals surface area contributed by atoms with Gasteiger partial charge >= 0.3 is 5.97 Å². The summed E-state index contributed by atoms with van der Waals surface area (Å²) in [7, 11) is -2.37. The predicted molar refractivity (Wildman–Crippen MR) is 74.3 cm³/mol. The van der Waals surface area contributed by atoms with Crippen molar-refractivity contribution in [3.8, 4) is 0 Å². The molecule has 0 saturated carbocycles. The first-order chi connectivity index (χ1) is 9.91. The topological polar surface area (TPSA) is 105 Å². The molecule has 8 nitrogen and oxygen atoms in total. The van der Waals surface area contributed by atoms with E-state index in [1.165, 1.54) is 30.3 Å². The van der Waals surface area contributed by atoms with E-state index in [1.54, 1.807) is 18.2 Å². The van der Waals surface area contributed by atoms with E-state index in [0.29, 0.717) is 0 Å². The third-order valence-electron chi connectivity index (χ3n) is 2.79. The van der Waals surface area contributed by atoms with E-state index in [1.807, 2.05) is 0 Å². The van der Waals surface area contributed by atoms with Gasteiger partial charge < -0.3 is 5.11 Å². The number of hydrogen-bond donors (Lipinski definition) is 1. The van der Waals surface area contributed by atoms with Crippen molar-refractivity contribution in [3.05, 3.63) is 36.8 Å². The zero-order valence-electron chi connectivity index (χ0n) is 11.2. The average Bonchev–Trinajstić information content (AvgIpc) is 2.95. The van der Waals surface area contributed by atoms with Gasteiger partial charge in [-0.1, -0.05) is 6.07 Å². The molecule has 0 fully saturated rings. The van der Waals surface area contributed by atoms with E-state index in [-0.39, 0.29) is 23.7 Å². The van der Waals surface area contributed by atoms with Crippen LogP contribution in [0.1, 0.15) is 6.42 Å². The van der Waals surface area contributed by atoms with Crippen LogP contribution in [0, 0.1) is 0 Å². The summed E-state index contributed by atoms with van der Waals surface area (Å²) >= 11 is 0. The van der Waals surface area contributed by atoms with Gasteiger partial charge in [0, 0.05) is 19.4 Å². The fraction of sp³-hybridized carbons (Fsp3) is 0.250. The fourth-order valence-corrected chi connectivity index (χ4v) is 2.74. The lowest BCUT2D eigenvalue weighted by molar-refractivity contribution is -0.137. The number of aliphatic carboxylic acids is 1. The quantitative estimate of drug-likeness (QED) is 0.836. The molecule has 0 atom stereocenters. The van der Waals surface area contributed by atoms with Crippen LogP contribution in [-0.4, -0.2) is 41.3 Å². The minimum Gasteiger partial charge on any atom is -0.481 e. The summed E-state index contributed by atoms with van der Waals surface area (Å²) in [5.74, 6) is -0.684. The van der Waals surface area contributed by atoms with Crippen LogP contribution in [0.25, 0.3) is 0 Å². The largest absolute Gasteiger partial charge is 0.481 e. The van der Waals surface area contributed by atoms with E-state index < -0.39 is 16.0 Å². The second-order valence-corrected chi connectivity index (χ2v) is 6.21. The molecule has 0 aliphatic heterocycles. The molecular weight excluding hydrogens is 296 g/mol. The van der Waals surface area contributed by atoms with Gasteiger partial charge in [-0.3, -0.25) is 13.8 Å². The van der Waals surface area contributed by atoms with Crippen LogP contribution in [0.5, 0.6) is 0 Å². The number of nitrogens with zero attached hydrogens (tertiary/aromatic N) is 4. The Morgan fingerprint density at radius 2 is 2.19 bits per heavy atom. The zero-order valence-corrected chi connectivity index (χ0v) is 12.1. The molecule has 2 aromatic heterocycles. The Labute approximate surface area is 121 Å². The van der Waals surface area contributed by atoms with Gasteiger partial charge in [-0.2, -0.15) is 5.10 Å². The smallest absolute Gasteiger partial charge is 0.305 e. The summed E-state index contributed by atoms with van der Waals surface area (Å²) in [6.07, 6.45) is 3.86. The van der Waals surface area contributed by atoms with Gasteiger partial charge in [0.15, 0.2) is 0 Å².